The number of aliphatic hydroxyl groups is 1. The first-order valence-electron chi connectivity index (χ1n) is 2.66. The second-order valence-corrected chi connectivity index (χ2v) is 1.27. The molecule has 0 aliphatic rings. The molecule has 0 aliphatic heterocycles. The largest absolute Gasteiger partial charge is 0.384 e. The number of aromatic nitrogens is 2. The average molecular weight is 136 g/mol. The van der Waals surface area contributed by atoms with E-state index in [2.05, 4.69) is 16.4 Å². The van der Waals surface area contributed by atoms with E-state index < -0.39 is 0 Å². The standard InChI is InChI=1S/C4H4N2.C3H4O/c1-2-5-4-6-3-1;1-2-3-4/h1-4H;1,4H,3H2. The van der Waals surface area contributed by atoms with E-state index in [4.69, 9.17) is 5.11 Å². The van der Waals surface area contributed by atoms with Gasteiger partial charge < -0.3 is 5.11 Å². The third-order valence-corrected chi connectivity index (χ3v) is 0.569. The molecule has 0 bridgehead atoms. The SMILES string of the molecule is C#CCO.c1cncnc1. The molecule has 1 N–H and O–H groups in total. The van der Waals surface area contributed by atoms with Crippen LogP contribution in [0.5, 0.6) is 0 Å². The summed E-state index contributed by atoms with van der Waals surface area (Å²) < 4.78 is 0. The van der Waals surface area contributed by atoms with E-state index in [0.717, 1.165) is 0 Å². The van der Waals surface area contributed by atoms with Crippen LogP contribution >= 0.6 is 0 Å². The van der Waals surface area contributed by atoms with Gasteiger partial charge in [-0.2, -0.15) is 0 Å². The molecule has 0 radical (unpaired) electrons. The molecule has 0 atom stereocenters. The van der Waals surface area contributed by atoms with Crippen LogP contribution in [-0.2, 0) is 0 Å². The van der Waals surface area contributed by atoms with Crippen LogP contribution in [0.2, 0.25) is 0 Å². The number of nitrogens with zero attached hydrogens (tertiary/aromatic N) is 2. The van der Waals surface area contributed by atoms with E-state index in [1.54, 1.807) is 18.5 Å². The molecule has 0 unspecified atom stereocenters. The predicted octanol–water partition coefficient (Wildman–Crippen LogP) is 0.0885. The van der Waals surface area contributed by atoms with E-state index in [0.29, 0.717) is 0 Å². The quantitative estimate of drug-likeness (QED) is 0.514. The first kappa shape index (κ1) is 8.60. The van der Waals surface area contributed by atoms with Gasteiger partial charge in [0.15, 0.2) is 0 Å². The van der Waals surface area contributed by atoms with Crippen LogP contribution in [0.4, 0.5) is 0 Å². The lowest BCUT2D eigenvalue weighted by atomic mass is 10.7. The van der Waals surface area contributed by atoms with Gasteiger partial charge in [0.05, 0.1) is 0 Å². The number of hydrogen-bond acceptors (Lipinski definition) is 3. The van der Waals surface area contributed by atoms with Crippen LogP contribution in [-0.4, -0.2) is 21.7 Å². The fourth-order valence-electron chi connectivity index (χ4n) is 0.253. The molecule has 1 aromatic rings. The Hall–Kier alpha value is -1.40. The molecule has 1 heterocycles. The van der Waals surface area contributed by atoms with Crippen molar-refractivity contribution in [3.05, 3.63) is 24.8 Å². The lowest BCUT2D eigenvalue weighted by Gasteiger charge is -1.70. The first-order chi connectivity index (χ1) is 4.91. The Balaban J connectivity index is 0.000000180. The highest BCUT2D eigenvalue weighted by atomic mass is 16.2. The van der Waals surface area contributed by atoms with Gasteiger partial charge in [0, 0.05) is 12.4 Å². The van der Waals surface area contributed by atoms with Crippen molar-refractivity contribution in [3.8, 4) is 12.3 Å². The van der Waals surface area contributed by atoms with Crippen LogP contribution < -0.4 is 0 Å². The van der Waals surface area contributed by atoms with Crippen LogP contribution in [0.3, 0.4) is 0 Å². The molecule has 10 heavy (non-hydrogen) atoms. The van der Waals surface area contributed by atoms with Crippen LogP contribution in [0.15, 0.2) is 24.8 Å². The van der Waals surface area contributed by atoms with E-state index in [1.807, 2.05) is 5.92 Å². The van der Waals surface area contributed by atoms with E-state index in [9.17, 15) is 0 Å². The van der Waals surface area contributed by atoms with Gasteiger partial charge in [-0.3, -0.25) is 0 Å². The Morgan fingerprint density at radius 1 is 1.40 bits per heavy atom. The molecule has 0 spiro atoms. The minimum absolute atomic E-state index is 0.153. The summed E-state index contributed by atoms with van der Waals surface area (Å²) >= 11 is 0. The number of rotatable bonds is 0. The van der Waals surface area contributed by atoms with Gasteiger partial charge in [-0.05, 0) is 6.07 Å². The van der Waals surface area contributed by atoms with Gasteiger partial charge in [0.1, 0.15) is 12.9 Å². The molecule has 0 fully saturated rings. The van der Waals surface area contributed by atoms with E-state index in [1.165, 1.54) is 6.33 Å². The van der Waals surface area contributed by atoms with Crippen molar-refractivity contribution < 1.29 is 5.11 Å². The van der Waals surface area contributed by atoms with Gasteiger partial charge in [0.2, 0.25) is 0 Å². The zero-order valence-corrected chi connectivity index (χ0v) is 5.44. The summed E-state index contributed by atoms with van der Waals surface area (Å²) in [4.78, 5) is 7.35. The molecule has 0 aromatic carbocycles. The number of aliphatic hydroxyl groups excluding tert-OH is 1. The Kier molecular flexibility index (Phi) is 6.54. The topological polar surface area (TPSA) is 46.0 Å². The highest BCUT2D eigenvalue weighted by molar-refractivity contribution is 4.81. The van der Waals surface area contributed by atoms with Gasteiger partial charge in [-0.15, -0.1) is 6.42 Å². The lowest BCUT2D eigenvalue weighted by molar-refractivity contribution is 0.351. The van der Waals surface area contributed by atoms with Gasteiger partial charge in [-0.25, -0.2) is 9.97 Å². The maximum atomic E-state index is 7.64. The van der Waals surface area contributed by atoms with Crippen LogP contribution in [0.1, 0.15) is 0 Å². The summed E-state index contributed by atoms with van der Waals surface area (Å²) in [7, 11) is 0. The second-order valence-electron chi connectivity index (χ2n) is 1.27. The first-order valence-corrected chi connectivity index (χ1v) is 2.66. The fourth-order valence-corrected chi connectivity index (χ4v) is 0.253. The van der Waals surface area contributed by atoms with Crippen molar-refractivity contribution in [2.75, 3.05) is 6.61 Å². The average Bonchev–Trinajstić information content (AvgIpc) is 2.08. The lowest BCUT2D eigenvalue weighted by Crippen LogP contribution is -1.66. The molecule has 0 amide bonds. The minimum Gasteiger partial charge on any atom is -0.384 e. The third kappa shape index (κ3) is 6.60. The number of terminal acetylenes is 1. The Bertz CT molecular complexity index is 154. The van der Waals surface area contributed by atoms with Crippen molar-refractivity contribution in [3.63, 3.8) is 0 Å². The molecule has 1 rings (SSSR count). The molecule has 3 nitrogen and oxygen atoms in total. The third-order valence-electron chi connectivity index (χ3n) is 0.569. The van der Waals surface area contributed by atoms with Crippen molar-refractivity contribution in [1.29, 1.82) is 0 Å². The van der Waals surface area contributed by atoms with Gasteiger partial charge in [-0.1, -0.05) is 5.92 Å². The summed E-state index contributed by atoms with van der Waals surface area (Å²) in [5, 5.41) is 7.64. The van der Waals surface area contributed by atoms with Crippen molar-refractivity contribution in [1.82, 2.24) is 9.97 Å². The molecule has 0 aliphatic carbocycles. The zero-order chi connectivity index (χ0) is 7.66. The fraction of sp³-hybridized carbons (Fsp3) is 0.143. The van der Waals surface area contributed by atoms with Gasteiger partial charge >= 0.3 is 0 Å². The summed E-state index contributed by atoms with van der Waals surface area (Å²) in [5.41, 5.74) is 0. The summed E-state index contributed by atoms with van der Waals surface area (Å²) in [6, 6.07) is 1.78. The zero-order valence-electron chi connectivity index (χ0n) is 5.44. The molecule has 0 saturated carbocycles. The normalized spacial score (nSPS) is 6.80. The number of hydrogen-bond donors (Lipinski definition) is 1. The second kappa shape index (κ2) is 7.60. The maximum absolute atomic E-state index is 7.64. The molecular formula is C7H8N2O. The summed E-state index contributed by atoms with van der Waals surface area (Å²) in [6.45, 7) is -0.153. The summed E-state index contributed by atoms with van der Waals surface area (Å²) in [5.74, 6) is 1.99. The highest BCUT2D eigenvalue weighted by Gasteiger charge is 1.59. The van der Waals surface area contributed by atoms with Crippen molar-refractivity contribution in [2.45, 2.75) is 0 Å². The van der Waals surface area contributed by atoms with Crippen molar-refractivity contribution >= 4 is 0 Å². The predicted molar refractivity (Wildman–Crippen MR) is 38.0 cm³/mol. The Morgan fingerprint density at radius 3 is 2.00 bits per heavy atom. The van der Waals surface area contributed by atoms with E-state index >= 15 is 0 Å². The van der Waals surface area contributed by atoms with Crippen LogP contribution in [0, 0.1) is 12.3 Å². The molecule has 1 aromatic heterocycles. The molecule has 3 heteroatoms. The van der Waals surface area contributed by atoms with Gasteiger partial charge in [0.25, 0.3) is 0 Å². The molecule has 52 valence electrons. The Morgan fingerprint density at radius 2 is 1.90 bits per heavy atom. The molecular weight excluding hydrogens is 128 g/mol. The summed E-state index contributed by atoms with van der Waals surface area (Å²) in [6.07, 6.45) is 9.40. The minimum atomic E-state index is -0.153. The molecule has 0 saturated heterocycles. The van der Waals surface area contributed by atoms with E-state index in [-0.39, 0.29) is 6.61 Å². The van der Waals surface area contributed by atoms with Crippen molar-refractivity contribution in [2.24, 2.45) is 0 Å². The maximum Gasteiger partial charge on any atom is 0.115 e. The monoisotopic (exact) mass is 136 g/mol. The Labute approximate surface area is 59.8 Å². The highest BCUT2D eigenvalue weighted by Crippen LogP contribution is 1.66. The smallest absolute Gasteiger partial charge is 0.115 e. The van der Waals surface area contributed by atoms with Crippen LogP contribution in [0.25, 0.3) is 0 Å².